The maximum Gasteiger partial charge on any atom is 0.0897 e. The highest BCUT2D eigenvalue weighted by Gasteiger charge is 2.41. The van der Waals surface area contributed by atoms with Gasteiger partial charge in [0.25, 0.3) is 0 Å². The minimum Gasteiger partial charge on any atom is -0.278 e. The summed E-state index contributed by atoms with van der Waals surface area (Å²) in [6.45, 7) is 3.25. The highest BCUT2D eigenvalue weighted by molar-refractivity contribution is 5.40. The summed E-state index contributed by atoms with van der Waals surface area (Å²) in [4.78, 5) is 5.30. The lowest BCUT2D eigenvalue weighted by Gasteiger charge is -2.34. The molecule has 1 saturated heterocycles. The van der Waals surface area contributed by atoms with Gasteiger partial charge in [0.1, 0.15) is 0 Å². The molecule has 0 N–H and O–H groups in total. The van der Waals surface area contributed by atoms with Gasteiger partial charge < -0.3 is 0 Å². The standard InChI is InChI=1S/C23H22N2/c1-3-9-18(10-4-1)22-21-14-8-7-13-20(21)17-24-15-16-25(22)23(24)19-11-5-2-6-12-19/h1-14,22-23H,15-17H2. The smallest absolute Gasteiger partial charge is 0.0897 e. The molecule has 124 valence electrons. The molecule has 5 rings (SSSR count). The second-order valence-electron chi connectivity index (χ2n) is 7.00. The van der Waals surface area contributed by atoms with Gasteiger partial charge in [-0.25, -0.2) is 0 Å². The molecule has 4 atom stereocenters. The number of hydrogen-bond acceptors (Lipinski definition) is 2. The minimum absolute atomic E-state index is 0.315. The summed E-state index contributed by atoms with van der Waals surface area (Å²) >= 11 is 0. The molecule has 2 bridgehead atoms. The molecule has 2 aliphatic rings. The Labute approximate surface area is 149 Å². The van der Waals surface area contributed by atoms with E-state index in [4.69, 9.17) is 0 Å². The van der Waals surface area contributed by atoms with Crippen molar-refractivity contribution in [3.8, 4) is 0 Å². The molecular weight excluding hydrogens is 304 g/mol. The van der Waals surface area contributed by atoms with Crippen LogP contribution in [0, 0.1) is 0 Å². The molecular formula is C23H22N2. The Balaban J connectivity index is 1.69. The zero-order valence-electron chi connectivity index (χ0n) is 14.3. The second-order valence-corrected chi connectivity index (χ2v) is 7.00. The predicted molar refractivity (Wildman–Crippen MR) is 101 cm³/mol. The third-order valence-electron chi connectivity index (χ3n) is 5.57. The molecule has 0 aliphatic carbocycles. The van der Waals surface area contributed by atoms with Crippen LogP contribution in [0.3, 0.4) is 0 Å². The van der Waals surface area contributed by atoms with Crippen molar-refractivity contribution < 1.29 is 0 Å². The van der Waals surface area contributed by atoms with Crippen LogP contribution < -0.4 is 0 Å². The number of nitrogens with zero attached hydrogens (tertiary/aromatic N) is 2. The van der Waals surface area contributed by atoms with Gasteiger partial charge in [-0.2, -0.15) is 0 Å². The summed E-state index contributed by atoms with van der Waals surface area (Å²) in [7, 11) is 0. The zero-order chi connectivity index (χ0) is 16.6. The Morgan fingerprint density at radius 1 is 0.640 bits per heavy atom. The van der Waals surface area contributed by atoms with E-state index in [1.807, 2.05) is 0 Å². The number of benzene rings is 3. The quantitative estimate of drug-likeness (QED) is 0.679. The van der Waals surface area contributed by atoms with Crippen molar-refractivity contribution in [3.05, 3.63) is 107 Å². The van der Waals surface area contributed by atoms with Crippen molar-refractivity contribution >= 4 is 0 Å². The van der Waals surface area contributed by atoms with Crippen LogP contribution in [0.4, 0.5) is 0 Å². The lowest BCUT2D eigenvalue weighted by Crippen LogP contribution is -2.31. The van der Waals surface area contributed by atoms with Gasteiger partial charge in [-0.3, -0.25) is 9.80 Å². The van der Waals surface area contributed by atoms with E-state index in [2.05, 4.69) is 94.7 Å². The first-order valence-corrected chi connectivity index (χ1v) is 9.09. The normalized spacial score (nSPS) is 27.5. The molecule has 3 aromatic carbocycles. The molecule has 0 spiro atoms. The first kappa shape index (κ1) is 14.9. The summed E-state index contributed by atoms with van der Waals surface area (Å²) in [5.41, 5.74) is 5.70. The topological polar surface area (TPSA) is 6.48 Å². The fraction of sp³-hybridized carbons (Fsp3) is 0.217. The highest BCUT2D eigenvalue weighted by atomic mass is 15.4. The summed E-state index contributed by atoms with van der Waals surface area (Å²) in [5, 5.41) is 0. The van der Waals surface area contributed by atoms with E-state index < -0.39 is 0 Å². The van der Waals surface area contributed by atoms with Gasteiger partial charge in [-0.1, -0.05) is 84.9 Å². The van der Waals surface area contributed by atoms with Crippen LogP contribution in [0.25, 0.3) is 0 Å². The highest BCUT2D eigenvalue weighted by Crippen LogP contribution is 2.44. The Morgan fingerprint density at radius 3 is 2.04 bits per heavy atom. The molecule has 0 amide bonds. The average Bonchev–Trinajstić information content (AvgIpc) is 3.01. The molecule has 0 radical (unpaired) electrons. The van der Waals surface area contributed by atoms with E-state index in [9.17, 15) is 0 Å². The summed E-state index contributed by atoms with van der Waals surface area (Å²) in [6, 6.07) is 31.2. The van der Waals surface area contributed by atoms with Gasteiger partial charge in [0, 0.05) is 19.6 Å². The maximum atomic E-state index is 2.68. The van der Waals surface area contributed by atoms with E-state index in [-0.39, 0.29) is 0 Å². The summed E-state index contributed by atoms with van der Waals surface area (Å²) in [6.07, 6.45) is 0.346. The Hall–Kier alpha value is -2.42. The Kier molecular flexibility index (Phi) is 3.66. The molecule has 0 saturated carbocycles. The van der Waals surface area contributed by atoms with E-state index >= 15 is 0 Å². The lowest BCUT2D eigenvalue weighted by atomic mass is 9.93. The fourth-order valence-electron chi connectivity index (χ4n) is 4.51. The van der Waals surface area contributed by atoms with Gasteiger partial charge in [-0.15, -0.1) is 0 Å². The molecule has 25 heavy (non-hydrogen) atoms. The monoisotopic (exact) mass is 326 g/mol. The maximum absolute atomic E-state index is 2.68. The Morgan fingerprint density at radius 2 is 1.28 bits per heavy atom. The van der Waals surface area contributed by atoms with E-state index in [1.54, 1.807) is 0 Å². The summed E-state index contributed by atoms with van der Waals surface area (Å²) in [5.74, 6) is 0. The molecule has 2 nitrogen and oxygen atoms in total. The van der Waals surface area contributed by atoms with E-state index in [1.165, 1.54) is 22.3 Å². The molecule has 0 aromatic heterocycles. The molecule has 3 aromatic rings. The van der Waals surface area contributed by atoms with E-state index in [0.717, 1.165) is 19.6 Å². The predicted octanol–water partition coefficient (Wildman–Crippen LogP) is 4.61. The van der Waals surface area contributed by atoms with Crippen LogP contribution in [0.2, 0.25) is 0 Å². The molecule has 2 heterocycles. The molecule has 1 fully saturated rings. The first-order valence-electron chi connectivity index (χ1n) is 9.09. The van der Waals surface area contributed by atoms with Crippen LogP contribution in [0.1, 0.15) is 34.5 Å². The van der Waals surface area contributed by atoms with Crippen LogP contribution in [-0.2, 0) is 6.54 Å². The van der Waals surface area contributed by atoms with Crippen molar-refractivity contribution in [1.29, 1.82) is 0 Å². The third kappa shape index (κ3) is 2.50. The summed E-state index contributed by atoms with van der Waals surface area (Å²) < 4.78 is 0. The second kappa shape index (κ2) is 6.14. The van der Waals surface area contributed by atoms with Gasteiger partial charge in [0.2, 0.25) is 0 Å². The van der Waals surface area contributed by atoms with Crippen LogP contribution in [-0.4, -0.2) is 22.9 Å². The van der Waals surface area contributed by atoms with Crippen molar-refractivity contribution in [2.45, 2.75) is 18.8 Å². The van der Waals surface area contributed by atoms with Gasteiger partial charge in [0.15, 0.2) is 0 Å². The van der Waals surface area contributed by atoms with Crippen molar-refractivity contribution in [1.82, 2.24) is 9.80 Å². The number of fused-ring (bicyclic) bond motifs is 3. The minimum atomic E-state index is 0.315. The van der Waals surface area contributed by atoms with Crippen molar-refractivity contribution in [2.75, 3.05) is 13.1 Å². The van der Waals surface area contributed by atoms with Crippen LogP contribution in [0.15, 0.2) is 84.9 Å². The third-order valence-corrected chi connectivity index (χ3v) is 5.57. The van der Waals surface area contributed by atoms with Gasteiger partial charge >= 0.3 is 0 Å². The van der Waals surface area contributed by atoms with Crippen molar-refractivity contribution in [2.24, 2.45) is 0 Å². The van der Waals surface area contributed by atoms with Crippen molar-refractivity contribution in [3.63, 3.8) is 0 Å². The molecule has 2 aliphatic heterocycles. The molecule has 4 unspecified atom stereocenters. The van der Waals surface area contributed by atoms with Gasteiger partial charge in [0.05, 0.1) is 12.2 Å². The van der Waals surface area contributed by atoms with Crippen LogP contribution in [0.5, 0.6) is 0 Å². The molecule has 2 heteroatoms. The average molecular weight is 326 g/mol. The van der Waals surface area contributed by atoms with Gasteiger partial charge in [-0.05, 0) is 22.3 Å². The van der Waals surface area contributed by atoms with Crippen LogP contribution >= 0.6 is 0 Å². The first-order chi connectivity index (χ1) is 12.4. The lowest BCUT2D eigenvalue weighted by molar-refractivity contribution is 0.119. The zero-order valence-corrected chi connectivity index (χ0v) is 14.3. The number of hydrogen-bond donors (Lipinski definition) is 0. The number of rotatable bonds is 2. The largest absolute Gasteiger partial charge is 0.278 e. The van der Waals surface area contributed by atoms with E-state index in [0.29, 0.717) is 12.2 Å². The Bertz CT molecular complexity index is 860. The fourth-order valence-corrected chi connectivity index (χ4v) is 4.51. The SMILES string of the molecule is c1ccc(C2c3ccccc3CN3CCN2C3c2ccccc2)cc1.